The van der Waals surface area contributed by atoms with Gasteiger partial charge in [-0.15, -0.1) is 11.3 Å². The molecule has 1 aliphatic heterocycles. The minimum Gasteiger partial charge on any atom is -0.481 e. The predicted molar refractivity (Wildman–Crippen MR) is 98.6 cm³/mol. The van der Waals surface area contributed by atoms with E-state index in [-0.39, 0.29) is 0 Å². The number of hydrogen-bond acceptors (Lipinski definition) is 6. The zero-order valence-electron chi connectivity index (χ0n) is 14.7. The van der Waals surface area contributed by atoms with Gasteiger partial charge in [0.15, 0.2) is 0 Å². The van der Waals surface area contributed by atoms with Crippen molar-refractivity contribution >= 4 is 21.4 Å². The molecule has 3 rings (SSSR count). The highest BCUT2D eigenvalue weighted by molar-refractivity contribution is 7.89. The van der Waals surface area contributed by atoms with Gasteiger partial charge in [0.25, 0.3) is 0 Å². The summed E-state index contributed by atoms with van der Waals surface area (Å²) < 4.78 is 32.5. The molecule has 0 N–H and O–H groups in total. The zero-order valence-corrected chi connectivity index (χ0v) is 16.4. The van der Waals surface area contributed by atoms with Crippen molar-refractivity contribution in [1.29, 1.82) is 0 Å². The van der Waals surface area contributed by atoms with Gasteiger partial charge in [-0.2, -0.15) is 4.31 Å². The summed E-state index contributed by atoms with van der Waals surface area (Å²) in [6.45, 7) is 7.04. The normalized spacial score (nSPS) is 16.9. The van der Waals surface area contributed by atoms with E-state index in [1.54, 1.807) is 23.7 Å². The van der Waals surface area contributed by atoms with Crippen LogP contribution in [0.15, 0.2) is 29.3 Å². The van der Waals surface area contributed by atoms with Gasteiger partial charge >= 0.3 is 0 Å². The van der Waals surface area contributed by atoms with Gasteiger partial charge in [-0.1, -0.05) is 0 Å². The molecule has 2 aromatic rings. The van der Waals surface area contributed by atoms with Gasteiger partial charge in [-0.05, 0) is 31.5 Å². The van der Waals surface area contributed by atoms with Crippen LogP contribution in [0.2, 0.25) is 0 Å². The molecule has 0 amide bonds. The maximum absolute atomic E-state index is 12.9. The first kappa shape index (κ1) is 18.3. The predicted octanol–water partition coefficient (Wildman–Crippen LogP) is 2.28. The van der Waals surface area contributed by atoms with E-state index in [2.05, 4.69) is 9.88 Å². The number of pyridine rings is 1. The average molecular weight is 382 g/mol. The summed E-state index contributed by atoms with van der Waals surface area (Å²) in [5.41, 5.74) is 1.12. The molecule has 0 atom stereocenters. The Hall–Kier alpha value is -1.48. The summed E-state index contributed by atoms with van der Waals surface area (Å²) in [6, 6.07) is 5.66. The number of piperazine rings is 1. The smallest absolute Gasteiger partial charge is 0.244 e. The van der Waals surface area contributed by atoms with Crippen LogP contribution in [0.4, 0.5) is 0 Å². The molecule has 0 saturated carbocycles. The highest BCUT2D eigenvalue weighted by Crippen LogP contribution is 2.28. The fourth-order valence-electron chi connectivity index (χ4n) is 3.05. The molecule has 2 aromatic heterocycles. The minimum absolute atomic E-state index is 0.460. The van der Waals surface area contributed by atoms with E-state index in [0.717, 1.165) is 21.9 Å². The fourth-order valence-corrected chi connectivity index (χ4v) is 6.00. The van der Waals surface area contributed by atoms with Crippen molar-refractivity contribution in [3.8, 4) is 5.88 Å². The van der Waals surface area contributed by atoms with E-state index in [0.29, 0.717) is 37.0 Å². The van der Waals surface area contributed by atoms with Gasteiger partial charge in [-0.3, -0.25) is 4.90 Å². The van der Waals surface area contributed by atoms with Crippen LogP contribution in [0, 0.1) is 13.8 Å². The van der Waals surface area contributed by atoms with Crippen LogP contribution in [-0.4, -0.2) is 55.9 Å². The van der Waals surface area contributed by atoms with Crippen molar-refractivity contribution in [2.24, 2.45) is 0 Å². The monoisotopic (exact) mass is 381 g/mol. The molecule has 6 nitrogen and oxygen atoms in total. The second kappa shape index (κ2) is 7.41. The molecule has 25 heavy (non-hydrogen) atoms. The fraction of sp³-hybridized carbons (Fsp3) is 0.471. The van der Waals surface area contributed by atoms with E-state index in [1.807, 2.05) is 26.0 Å². The Morgan fingerprint density at radius 1 is 1.20 bits per heavy atom. The van der Waals surface area contributed by atoms with Gasteiger partial charge in [0.05, 0.1) is 12.0 Å². The standard InChI is InChI=1S/C17H23N3O3S2/c1-13-10-16(14(2)24-13)25(21,22)20-8-6-19(7-9-20)12-15-4-5-18-17(11-15)23-3/h4-5,10-11H,6-9,12H2,1-3H3. The molecular weight excluding hydrogens is 358 g/mol. The summed E-state index contributed by atoms with van der Waals surface area (Å²) in [5.74, 6) is 0.599. The van der Waals surface area contributed by atoms with Gasteiger partial charge < -0.3 is 4.74 Å². The highest BCUT2D eigenvalue weighted by Gasteiger charge is 2.30. The van der Waals surface area contributed by atoms with Crippen LogP contribution >= 0.6 is 11.3 Å². The van der Waals surface area contributed by atoms with Crippen molar-refractivity contribution in [2.75, 3.05) is 33.3 Å². The number of aromatic nitrogens is 1. The summed E-state index contributed by atoms with van der Waals surface area (Å²) in [4.78, 5) is 8.72. The summed E-state index contributed by atoms with van der Waals surface area (Å²) in [7, 11) is -1.79. The third-order valence-corrected chi connectivity index (χ3v) is 7.48. The lowest BCUT2D eigenvalue weighted by molar-refractivity contribution is 0.181. The molecule has 1 fully saturated rings. The van der Waals surface area contributed by atoms with Crippen LogP contribution < -0.4 is 4.74 Å². The van der Waals surface area contributed by atoms with Crippen molar-refractivity contribution in [1.82, 2.24) is 14.2 Å². The van der Waals surface area contributed by atoms with Gasteiger partial charge in [0.2, 0.25) is 15.9 Å². The van der Waals surface area contributed by atoms with Crippen molar-refractivity contribution < 1.29 is 13.2 Å². The maximum Gasteiger partial charge on any atom is 0.244 e. The summed E-state index contributed by atoms with van der Waals surface area (Å²) in [5, 5.41) is 0. The number of methoxy groups -OCH3 is 1. The lowest BCUT2D eigenvalue weighted by Gasteiger charge is -2.34. The molecule has 0 unspecified atom stereocenters. The largest absolute Gasteiger partial charge is 0.481 e. The number of thiophene rings is 1. The van der Waals surface area contributed by atoms with E-state index in [9.17, 15) is 8.42 Å². The SMILES string of the molecule is COc1cc(CN2CCN(S(=O)(=O)c3cc(C)sc3C)CC2)ccn1. The second-order valence-electron chi connectivity index (χ2n) is 6.16. The molecule has 1 saturated heterocycles. The number of hydrogen-bond donors (Lipinski definition) is 0. The van der Waals surface area contributed by atoms with Gasteiger partial charge in [-0.25, -0.2) is 13.4 Å². The maximum atomic E-state index is 12.9. The molecule has 0 bridgehead atoms. The van der Waals surface area contributed by atoms with E-state index in [1.165, 1.54) is 11.3 Å². The molecular formula is C17H23N3O3S2. The Morgan fingerprint density at radius 3 is 2.52 bits per heavy atom. The number of aryl methyl sites for hydroxylation is 2. The third kappa shape index (κ3) is 4.03. The van der Waals surface area contributed by atoms with Gasteiger partial charge in [0.1, 0.15) is 0 Å². The Balaban J connectivity index is 1.64. The highest BCUT2D eigenvalue weighted by atomic mass is 32.2. The van der Waals surface area contributed by atoms with Crippen molar-refractivity contribution in [3.05, 3.63) is 39.7 Å². The zero-order chi connectivity index (χ0) is 18.0. The van der Waals surface area contributed by atoms with Gasteiger partial charge in [0, 0.05) is 54.7 Å². The van der Waals surface area contributed by atoms with E-state index in [4.69, 9.17) is 4.74 Å². The van der Waals surface area contributed by atoms with Crippen molar-refractivity contribution in [2.45, 2.75) is 25.3 Å². The molecule has 136 valence electrons. The van der Waals surface area contributed by atoms with Crippen LogP contribution in [-0.2, 0) is 16.6 Å². The Bertz CT molecular complexity index is 841. The first-order chi connectivity index (χ1) is 11.9. The molecule has 0 aromatic carbocycles. The molecule has 3 heterocycles. The molecule has 1 aliphatic rings. The molecule has 8 heteroatoms. The number of sulfonamides is 1. The number of nitrogens with zero attached hydrogens (tertiary/aromatic N) is 3. The van der Waals surface area contributed by atoms with Crippen molar-refractivity contribution in [3.63, 3.8) is 0 Å². The third-order valence-electron chi connectivity index (χ3n) is 4.36. The number of rotatable bonds is 5. The average Bonchev–Trinajstić information content (AvgIpc) is 2.95. The molecule has 0 spiro atoms. The lowest BCUT2D eigenvalue weighted by Crippen LogP contribution is -2.48. The second-order valence-corrected chi connectivity index (χ2v) is 9.53. The molecule has 0 aliphatic carbocycles. The van der Waals surface area contributed by atoms with E-state index < -0.39 is 10.0 Å². The van der Waals surface area contributed by atoms with Crippen LogP contribution in [0.3, 0.4) is 0 Å². The lowest BCUT2D eigenvalue weighted by atomic mass is 10.2. The first-order valence-electron chi connectivity index (χ1n) is 8.18. The topological polar surface area (TPSA) is 62.7 Å². The summed E-state index contributed by atoms with van der Waals surface area (Å²) in [6.07, 6.45) is 1.73. The first-order valence-corrected chi connectivity index (χ1v) is 10.4. The Labute approximate surface area is 153 Å². The molecule has 0 radical (unpaired) electrons. The van der Waals surface area contributed by atoms with E-state index >= 15 is 0 Å². The Morgan fingerprint density at radius 2 is 1.92 bits per heavy atom. The minimum atomic E-state index is -3.39. The summed E-state index contributed by atoms with van der Waals surface area (Å²) >= 11 is 1.53. The van der Waals surface area contributed by atoms with Crippen LogP contribution in [0.1, 0.15) is 15.3 Å². The quantitative estimate of drug-likeness (QED) is 0.795. The number of ether oxygens (including phenoxy) is 1. The Kier molecular flexibility index (Phi) is 5.43. The van der Waals surface area contributed by atoms with Crippen LogP contribution in [0.25, 0.3) is 0 Å². The van der Waals surface area contributed by atoms with Crippen LogP contribution in [0.5, 0.6) is 5.88 Å².